The number of nitrogens with zero attached hydrogens (tertiary/aromatic N) is 3. The van der Waals surface area contributed by atoms with Crippen LogP contribution in [0.4, 0.5) is 0 Å². The first-order valence-electron chi connectivity index (χ1n) is 9.01. The van der Waals surface area contributed by atoms with Gasteiger partial charge >= 0.3 is 5.69 Å². The molecule has 4 rings (SSSR count). The molecule has 5 nitrogen and oxygen atoms in total. The number of hydrogen-bond donors (Lipinski definition) is 1. The van der Waals surface area contributed by atoms with E-state index in [0.717, 1.165) is 30.7 Å². The van der Waals surface area contributed by atoms with Gasteiger partial charge in [0.2, 0.25) is 0 Å². The minimum atomic E-state index is -0.0691. The van der Waals surface area contributed by atoms with Gasteiger partial charge in [0.05, 0.1) is 5.52 Å². The van der Waals surface area contributed by atoms with Gasteiger partial charge < -0.3 is 4.90 Å². The molecule has 1 fully saturated rings. The SMILES string of the molecule is Cc1cccc(C)c1-c1cnc2[nH]c(=O)n(CCN3CCCC3)c2c1. The normalized spacial score (nSPS) is 15.3. The summed E-state index contributed by atoms with van der Waals surface area (Å²) in [4.78, 5) is 22.2. The fourth-order valence-electron chi connectivity index (χ4n) is 3.91. The van der Waals surface area contributed by atoms with Crippen molar-refractivity contribution in [1.82, 2.24) is 19.4 Å². The lowest BCUT2D eigenvalue weighted by molar-refractivity contribution is 0.322. The first kappa shape index (κ1) is 16.1. The number of H-pyrrole nitrogens is 1. The second-order valence-electron chi connectivity index (χ2n) is 6.99. The molecule has 0 atom stereocenters. The maximum absolute atomic E-state index is 12.4. The zero-order chi connectivity index (χ0) is 17.4. The summed E-state index contributed by atoms with van der Waals surface area (Å²) in [6.07, 6.45) is 4.39. The fourth-order valence-corrected chi connectivity index (χ4v) is 3.91. The van der Waals surface area contributed by atoms with Gasteiger partial charge in [0.25, 0.3) is 0 Å². The van der Waals surface area contributed by atoms with E-state index in [0.29, 0.717) is 12.2 Å². The average molecular weight is 336 g/mol. The highest BCUT2D eigenvalue weighted by atomic mass is 16.1. The zero-order valence-corrected chi connectivity index (χ0v) is 14.9. The highest BCUT2D eigenvalue weighted by molar-refractivity contribution is 5.80. The van der Waals surface area contributed by atoms with E-state index in [1.54, 1.807) is 0 Å². The van der Waals surface area contributed by atoms with Crippen LogP contribution in [0.3, 0.4) is 0 Å². The average Bonchev–Trinajstić information content (AvgIpc) is 3.20. The molecule has 1 aromatic carbocycles. The molecule has 25 heavy (non-hydrogen) atoms. The molecule has 1 N–H and O–H groups in total. The molecule has 1 saturated heterocycles. The van der Waals surface area contributed by atoms with E-state index in [1.807, 2.05) is 10.8 Å². The lowest BCUT2D eigenvalue weighted by Crippen LogP contribution is -2.28. The van der Waals surface area contributed by atoms with Crippen molar-refractivity contribution in [3.8, 4) is 11.1 Å². The summed E-state index contributed by atoms with van der Waals surface area (Å²) in [6, 6.07) is 8.40. The molecule has 3 aromatic rings. The monoisotopic (exact) mass is 336 g/mol. The summed E-state index contributed by atoms with van der Waals surface area (Å²) >= 11 is 0. The van der Waals surface area contributed by atoms with Crippen LogP contribution >= 0.6 is 0 Å². The van der Waals surface area contributed by atoms with Crippen molar-refractivity contribution in [2.24, 2.45) is 0 Å². The number of imidazole rings is 1. The Labute approximate surface area is 147 Å². The minimum absolute atomic E-state index is 0.0691. The van der Waals surface area contributed by atoms with Gasteiger partial charge in [-0.2, -0.15) is 0 Å². The lowest BCUT2D eigenvalue weighted by Gasteiger charge is -2.15. The molecular weight excluding hydrogens is 312 g/mol. The third-order valence-corrected chi connectivity index (χ3v) is 5.24. The molecule has 0 radical (unpaired) electrons. The molecule has 0 unspecified atom stereocenters. The molecule has 5 heteroatoms. The maximum atomic E-state index is 12.4. The molecule has 0 amide bonds. The number of fused-ring (bicyclic) bond motifs is 1. The Hall–Kier alpha value is -2.40. The quantitative estimate of drug-likeness (QED) is 0.796. The van der Waals surface area contributed by atoms with Crippen LogP contribution < -0.4 is 5.69 Å². The van der Waals surface area contributed by atoms with E-state index in [9.17, 15) is 4.79 Å². The zero-order valence-electron chi connectivity index (χ0n) is 14.9. The molecule has 1 aliphatic rings. The van der Waals surface area contributed by atoms with Gasteiger partial charge in [-0.3, -0.25) is 9.55 Å². The van der Waals surface area contributed by atoms with Gasteiger partial charge in [-0.15, -0.1) is 0 Å². The van der Waals surface area contributed by atoms with Crippen molar-refractivity contribution < 1.29 is 0 Å². The Morgan fingerprint density at radius 1 is 1.12 bits per heavy atom. The van der Waals surface area contributed by atoms with E-state index >= 15 is 0 Å². The third-order valence-electron chi connectivity index (χ3n) is 5.24. The van der Waals surface area contributed by atoms with Gasteiger partial charge in [-0.05, 0) is 62.5 Å². The molecule has 0 aliphatic carbocycles. The first-order valence-corrected chi connectivity index (χ1v) is 9.01. The molecule has 0 bridgehead atoms. The van der Waals surface area contributed by atoms with Crippen LogP contribution in [0, 0.1) is 13.8 Å². The number of rotatable bonds is 4. The Kier molecular flexibility index (Phi) is 4.17. The summed E-state index contributed by atoms with van der Waals surface area (Å²) in [6.45, 7) is 8.14. The number of aryl methyl sites for hydroxylation is 2. The molecule has 2 aromatic heterocycles. The second kappa shape index (κ2) is 6.48. The van der Waals surface area contributed by atoms with Crippen molar-refractivity contribution in [1.29, 1.82) is 0 Å². The van der Waals surface area contributed by atoms with Crippen molar-refractivity contribution in [3.05, 3.63) is 52.1 Å². The highest BCUT2D eigenvalue weighted by Crippen LogP contribution is 2.28. The van der Waals surface area contributed by atoms with Gasteiger partial charge in [0.15, 0.2) is 5.65 Å². The summed E-state index contributed by atoms with van der Waals surface area (Å²) in [5.41, 5.74) is 6.21. The molecule has 0 saturated carbocycles. The van der Waals surface area contributed by atoms with E-state index in [2.05, 4.69) is 53.0 Å². The Morgan fingerprint density at radius 3 is 2.56 bits per heavy atom. The van der Waals surface area contributed by atoms with Gasteiger partial charge in [0, 0.05) is 24.8 Å². The molecule has 1 aliphatic heterocycles. The van der Waals surface area contributed by atoms with E-state index in [1.165, 1.54) is 29.5 Å². The summed E-state index contributed by atoms with van der Waals surface area (Å²) < 4.78 is 1.83. The maximum Gasteiger partial charge on any atom is 0.327 e. The number of aromatic amines is 1. The third kappa shape index (κ3) is 3.00. The predicted molar refractivity (Wildman–Crippen MR) is 101 cm³/mol. The molecule has 3 heterocycles. The van der Waals surface area contributed by atoms with Gasteiger partial charge in [-0.25, -0.2) is 9.78 Å². The minimum Gasteiger partial charge on any atom is -0.302 e. The van der Waals surface area contributed by atoms with Crippen molar-refractivity contribution in [2.75, 3.05) is 19.6 Å². The second-order valence-corrected chi connectivity index (χ2v) is 6.99. The van der Waals surface area contributed by atoms with E-state index in [-0.39, 0.29) is 5.69 Å². The van der Waals surface area contributed by atoms with Crippen LogP contribution in [-0.2, 0) is 6.54 Å². The van der Waals surface area contributed by atoms with Crippen LogP contribution in [0.2, 0.25) is 0 Å². The van der Waals surface area contributed by atoms with E-state index < -0.39 is 0 Å². The number of nitrogens with one attached hydrogen (secondary N) is 1. The van der Waals surface area contributed by atoms with Crippen molar-refractivity contribution in [3.63, 3.8) is 0 Å². The Balaban J connectivity index is 1.74. The molecular formula is C20H24N4O. The predicted octanol–water partition coefficient (Wildman–Crippen LogP) is 3.10. The highest BCUT2D eigenvalue weighted by Gasteiger charge is 2.15. The number of likely N-dealkylation sites (tertiary alicyclic amines) is 1. The van der Waals surface area contributed by atoms with Crippen molar-refractivity contribution in [2.45, 2.75) is 33.2 Å². The van der Waals surface area contributed by atoms with Gasteiger partial charge in [0.1, 0.15) is 0 Å². The van der Waals surface area contributed by atoms with Crippen LogP contribution in [0.5, 0.6) is 0 Å². The summed E-state index contributed by atoms with van der Waals surface area (Å²) in [7, 11) is 0. The number of hydrogen-bond acceptors (Lipinski definition) is 3. The Bertz CT molecular complexity index is 943. The van der Waals surface area contributed by atoms with Crippen LogP contribution in [0.25, 0.3) is 22.3 Å². The number of benzene rings is 1. The topological polar surface area (TPSA) is 53.9 Å². The smallest absolute Gasteiger partial charge is 0.302 e. The van der Waals surface area contributed by atoms with Crippen molar-refractivity contribution >= 4 is 11.2 Å². The van der Waals surface area contributed by atoms with Gasteiger partial charge in [-0.1, -0.05) is 18.2 Å². The summed E-state index contributed by atoms with van der Waals surface area (Å²) in [5, 5.41) is 0. The number of aromatic nitrogens is 3. The van der Waals surface area contributed by atoms with Crippen LogP contribution in [-0.4, -0.2) is 39.1 Å². The number of pyridine rings is 1. The Morgan fingerprint density at radius 2 is 1.84 bits per heavy atom. The molecule has 130 valence electrons. The summed E-state index contributed by atoms with van der Waals surface area (Å²) in [5.74, 6) is 0. The van der Waals surface area contributed by atoms with Crippen LogP contribution in [0.1, 0.15) is 24.0 Å². The first-order chi connectivity index (χ1) is 12.1. The fraction of sp³-hybridized carbons (Fsp3) is 0.400. The molecule has 0 spiro atoms. The van der Waals surface area contributed by atoms with Crippen LogP contribution in [0.15, 0.2) is 35.3 Å². The van der Waals surface area contributed by atoms with E-state index in [4.69, 9.17) is 0 Å². The largest absolute Gasteiger partial charge is 0.327 e. The lowest BCUT2D eigenvalue weighted by atomic mass is 9.97. The standard InChI is InChI=1S/C20H24N4O/c1-14-6-5-7-15(2)18(14)16-12-17-19(21-13-16)22-20(25)24(17)11-10-23-8-3-4-9-23/h5-7,12-13H,3-4,8-11H2,1-2H3,(H,21,22,25).